The van der Waals surface area contributed by atoms with E-state index in [1.807, 2.05) is 4.72 Å². The number of aromatic nitrogens is 1. The zero-order valence-corrected chi connectivity index (χ0v) is 19.0. The Kier molecular flexibility index (Phi) is 6.89. The summed E-state index contributed by atoms with van der Waals surface area (Å²) in [6.07, 6.45) is -12.2. The van der Waals surface area contributed by atoms with Crippen LogP contribution in [0.2, 0.25) is 0 Å². The first-order chi connectivity index (χ1) is 16.1. The van der Waals surface area contributed by atoms with Gasteiger partial charge in [-0.3, -0.25) is 14.8 Å². The summed E-state index contributed by atoms with van der Waals surface area (Å²) in [5.41, 5.74) is -6.77. The molecule has 7 nitrogen and oxygen atoms in total. The molecule has 0 fully saturated rings. The highest BCUT2D eigenvalue weighted by molar-refractivity contribution is 7.94. The van der Waals surface area contributed by atoms with Crippen LogP contribution >= 0.6 is 11.3 Å². The van der Waals surface area contributed by atoms with Crippen LogP contribution in [0.5, 0.6) is 0 Å². The molecule has 15 heteroatoms. The third-order valence-electron chi connectivity index (χ3n) is 4.63. The Morgan fingerprint density at radius 3 is 2.00 bits per heavy atom. The first-order valence-corrected chi connectivity index (χ1v) is 11.7. The quantitative estimate of drug-likeness (QED) is 0.390. The molecule has 1 heterocycles. The molecule has 0 aliphatic rings. The predicted octanol–water partition coefficient (Wildman–Crippen LogP) is 4.82. The highest BCUT2D eigenvalue weighted by atomic mass is 32.2. The molecule has 0 aliphatic heterocycles. The lowest BCUT2D eigenvalue weighted by atomic mass is 9.92. The number of carbonyl (C=O) groups excluding carboxylic acids is 1. The molecule has 0 saturated carbocycles. The van der Waals surface area contributed by atoms with Gasteiger partial charge in [0.2, 0.25) is 0 Å². The molecule has 3 N–H and O–H groups in total. The van der Waals surface area contributed by atoms with Gasteiger partial charge in [-0.1, -0.05) is 41.7 Å². The number of thiazole rings is 1. The minimum atomic E-state index is -6.08. The van der Waals surface area contributed by atoms with E-state index in [4.69, 9.17) is 0 Å². The van der Waals surface area contributed by atoms with Crippen LogP contribution in [0.1, 0.15) is 21.6 Å². The monoisotopic (exact) mass is 539 g/mol. The number of nitrogens with one attached hydrogen (secondary N) is 2. The summed E-state index contributed by atoms with van der Waals surface area (Å²) in [6, 6.07) is 9.89. The number of anilines is 2. The fourth-order valence-corrected chi connectivity index (χ4v) is 5.38. The lowest BCUT2D eigenvalue weighted by Gasteiger charge is -2.32. The van der Waals surface area contributed by atoms with Crippen molar-refractivity contribution in [3.8, 4) is 0 Å². The molecule has 1 aromatic heterocycles. The number of halogens is 6. The normalized spacial score (nSPS) is 12.9. The van der Waals surface area contributed by atoms with Crippen LogP contribution < -0.4 is 10.0 Å². The molecule has 0 saturated heterocycles. The second kappa shape index (κ2) is 9.13. The minimum Gasteiger partial charge on any atom is -0.369 e. The number of rotatable bonds is 6. The number of carbonyl (C=O) groups is 1. The van der Waals surface area contributed by atoms with Gasteiger partial charge < -0.3 is 5.11 Å². The number of benzene rings is 2. The predicted molar refractivity (Wildman–Crippen MR) is 115 cm³/mol. The molecular formula is C20H15F6N3O4S2. The first-order valence-electron chi connectivity index (χ1n) is 9.39. The van der Waals surface area contributed by atoms with E-state index in [-0.39, 0.29) is 20.7 Å². The number of amides is 1. The Labute approximate surface area is 198 Å². The molecular weight excluding hydrogens is 524 g/mol. The van der Waals surface area contributed by atoms with Gasteiger partial charge in [-0.05, 0) is 31.2 Å². The number of hydrogen-bond donors (Lipinski definition) is 3. The molecule has 0 bridgehead atoms. The summed E-state index contributed by atoms with van der Waals surface area (Å²) in [4.78, 5) is 16.2. The van der Waals surface area contributed by atoms with Crippen LogP contribution in [0, 0.1) is 6.92 Å². The second-order valence-electron chi connectivity index (χ2n) is 7.10. The number of aliphatic hydroxyl groups is 1. The van der Waals surface area contributed by atoms with Gasteiger partial charge in [0, 0.05) is 16.8 Å². The third kappa shape index (κ3) is 5.26. The number of alkyl halides is 6. The van der Waals surface area contributed by atoms with Gasteiger partial charge in [-0.15, -0.1) is 0 Å². The Morgan fingerprint density at radius 1 is 0.943 bits per heavy atom. The van der Waals surface area contributed by atoms with Gasteiger partial charge in [0.25, 0.3) is 21.5 Å². The topological polar surface area (TPSA) is 108 Å². The molecule has 3 aromatic rings. The summed E-state index contributed by atoms with van der Waals surface area (Å²) < 4.78 is 105. The Hall–Kier alpha value is -3.17. The maximum absolute atomic E-state index is 13.0. The number of sulfonamides is 1. The average molecular weight is 539 g/mol. The maximum Gasteiger partial charge on any atom is 0.430 e. The summed E-state index contributed by atoms with van der Waals surface area (Å²) >= 11 is 0.592. The first kappa shape index (κ1) is 26.4. The van der Waals surface area contributed by atoms with Gasteiger partial charge in [-0.2, -0.15) is 26.3 Å². The number of aryl methyl sites for hydroxylation is 1. The van der Waals surface area contributed by atoms with E-state index in [0.717, 1.165) is 0 Å². The number of nitrogens with zero attached hydrogens (tertiary/aromatic N) is 1. The third-order valence-corrected chi connectivity index (χ3v) is 7.69. The smallest absolute Gasteiger partial charge is 0.369 e. The summed E-state index contributed by atoms with van der Waals surface area (Å²) in [6.45, 7) is 1.33. The molecule has 1 amide bonds. The standard InChI is InChI=1S/C20H15F6N3O4S2/c1-11-16(34-17(27-11)28-15(30)12-5-3-2-4-6-12)35(32,33)29-14-9-7-13(8-10-14)18(31,19(21,22)23)20(24,25)26/h2-10,29,31H,1H3,(H,27,28,30). The van der Waals surface area contributed by atoms with Crippen molar-refractivity contribution in [2.24, 2.45) is 0 Å². The van der Waals surface area contributed by atoms with Crippen molar-refractivity contribution < 1.29 is 44.7 Å². The van der Waals surface area contributed by atoms with Gasteiger partial charge in [-0.25, -0.2) is 13.4 Å². The molecule has 2 aromatic carbocycles. The van der Waals surface area contributed by atoms with Crippen molar-refractivity contribution in [1.82, 2.24) is 4.98 Å². The van der Waals surface area contributed by atoms with Gasteiger partial charge in [0.05, 0.1) is 5.69 Å². The van der Waals surface area contributed by atoms with Gasteiger partial charge >= 0.3 is 12.4 Å². The Balaban J connectivity index is 1.83. The van der Waals surface area contributed by atoms with Crippen LogP contribution in [0.25, 0.3) is 0 Å². The van der Waals surface area contributed by atoms with Crippen molar-refractivity contribution in [3.05, 3.63) is 71.4 Å². The van der Waals surface area contributed by atoms with E-state index in [9.17, 15) is 44.7 Å². The van der Waals surface area contributed by atoms with Gasteiger partial charge in [0.1, 0.15) is 0 Å². The van der Waals surface area contributed by atoms with Crippen LogP contribution in [-0.2, 0) is 15.6 Å². The van der Waals surface area contributed by atoms with E-state index in [0.29, 0.717) is 41.2 Å². The molecule has 0 radical (unpaired) electrons. The number of hydrogen-bond acceptors (Lipinski definition) is 6. The van der Waals surface area contributed by atoms with E-state index >= 15 is 0 Å². The van der Waals surface area contributed by atoms with E-state index in [1.165, 1.54) is 19.1 Å². The van der Waals surface area contributed by atoms with Gasteiger partial charge in [0.15, 0.2) is 9.34 Å². The molecule has 35 heavy (non-hydrogen) atoms. The zero-order valence-electron chi connectivity index (χ0n) is 17.4. The Bertz CT molecular complexity index is 1310. The van der Waals surface area contributed by atoms with Crippen molar-refractivity contribution in [2.45, 2.75) is 29.1 Å². The maximum atomic E-state index is 13.0. The zero-order chi connectivity index (χ0) is 26.2. The highest BCUT2D eigenvalue weighted by Gasteiger charge is 2.71. The fourth-order valence-electron chi connectivity index (χ4n) is 2.91. The lowest BCUT2D eigenvalue weighted by Crippen LogP contribution is -2.53. The lowest BCUT2D eigenvalue weighted by molar-refractivity contribution is -0.376. The minimum absolute atomic E-state index is 0.00833. The van der Waals surface area contributed by atoms with E-state index in [2.05, 4.69) is 10.3 Å². The highest BCUT2D eigenvalue weighted by Crippen LogP contribution is 2.50. The molecule has 0 unspecified atom stereocenters. The van der Waals surface area contributed by atoms with E-state index < -0.39 is 39.4 Å². The van der Waals surface area contributed by atoms with Crippen molar-refractivity contribution >= 4 is 38.1 Å². The van der Waals surface area contributed by atoms with Crippen molar-refractivity contribution in [3.63, 3.8) is 0 Å². The molecule has 0 spiro atoms. The van der Waals surface area contributed by atoms with E-state index in [1.54, 1.807) is 18.2 Å². The van der Waals surface area contributed by atoms with Crippen LogP contribution in [0.3, 0.4) is 0 Å². The largest absolute Gasteiger partial charge is 0.430 e. The fraction of sp³-hybridized carbons (Fsp3) is 0.200. The summed E-state index contributed by atoms with van der Waals surface area (Å²) in [7, 11) is -4.38. The average Bonchev–Trinajstić information content (AvgIpc) is 3.13. The molecule has 188 valence electrons. The van der Waals surface area contributed by atoms with Crippen LogP contribution in [-0.4, -0.2) is 36.8 Å². The van der Waals surface area contributed by atoms with Crippen molar-refractivity contribution in [1.29, 1.82) is 0 Å². The second-order valence-corrected chi connectivity index (χ2v) is 9.98. The van der Waals surface area contributed by atoms with Crippen LogP contribution in [0.4, 0.5) is 37.2 Å². The Morgan fingerprint density at radius 2 is 1.49 bits per heavy atom. The van der Waals surface area contributed by atoms with Crippen LogP contribution in [0.15, 0.2) is 58.8 Å². The molecule has 0 atom stereocenters. The SMILES string of the molecule is Cc1nc(NC(=O)c2ccccc2)sc1S(=O)(=O)Nc1ccc(C(O)(C(F)(F)F)C(F)(F)F)cc1. The summed E-state index contributed by atoms with van der Waals surface area (Å²) in [5, 5.41) is 11.8. The van der Waals surface area contributed by atoms with Crippen molar-refractivity contribution in [2.75, 3.05) is 10.0 Å². The summed E-state index contributed by atoms with van der Waals surface area (Å²) in [5.74, 6) is -0.548. The molecule has 0 aliphatic carbocycles. The molecule has 3 rings (SSSR count).